The van der Waals surface area contributed by atoms with Crippen LogP contribution in [0, 0.1) is 13.8 Å². The average molecular weight is 281 g/mol. The van der Waals surface area contributed by atoms with Crippen molar-refractivity contribution in [2.24, 2.45) is 5.73 Å². The van der Waals surface area contributed by atoms with Gasteiger partial charge in [-0.2, -0.15) is 23.5 Å². The fourth-order valence-corrected chi connectivity index (χ4v) is 5.40. The van der Waals surface area contributed by atoms with Gasteiger partial charge in [0.05, 0.1) is 0 Å². The first-order chi connectivity index (χ1) is 8.58. The van der Waals surface area contributed by atoms with E-state index in [-0.39, 0.29) is 6.04 Å². The molecule has 0 radical (unpaired) electrons. The summed E-state index contributed by atoms with van der Waals surface area (Å²) in [7, 11) is 0. The second kappa shape index (κ2) is 6.36. The van der Waals surface area contributed by atoms with Crippen molar-refractivity contribution in [1.82, 2.24) is 0 Å². The van der Waals surface area contributed by atoms with Crippen LogP contribution < -0.4 is 5.73 Å². The Balaban J connectivity index is 2.05. The zero-order chi connectivity index (χ0) is 13.1. The van der Waals surface area contributed by atoms with Gasteiger partial charge in [0.25, 0.3) is 0 Å². The molecule has 2 rings (SSSR count). The Kier molecular flexibility index (Phi) is 5.05. The van der Waals surface area contributed by atoms with Crippen LogP contribution in [0.3, 0.4) is 0 Å². The monoisotopic (exact) mass is 281 g/mol. The van der Waals surface area contributed by atoms with Crippen molar-refractivity contribution in [2.45, 2.75) is 43.7 Å². The highest BCUT2D eigenvalue weighted by atomic mass is 32.2. The Morgan fingerprint density at radius 1 is 1.28 bits per heavy atom. The summed E-state index contributed by atoms with van der Waals surface area (Å²) in [5.41, 5.74) is 10.6. The van der Waals surface area contributed by atoms with Crippen LogP contribution in [0.15, 0.2) is 18.2 Å². The summed E-state index contributed by atoms with van der Waals surface area (Å²) in [6, 6.07) is 6.96. The van der Waals surface area contributed by atoms with E-state index >= 15 is 0 Å². The average Bonchev–Trinajstić information content (AvgIpc) is 2.34. The third-order valence-corrected chi connectivity index (χ3v) is 6.89. The van der Waals surface area contributed by atoms with E-state index in [0.717, 1.165) is 6.42 Å². The summed E-state index contributed by atoms with van der Waals surface area (Å²) in [4.78, 5) is 0. The van der Waals surface area contributed by atoms with Gasteiger partial charge >= 0.3 is 0 Å². The standard InChI is InChI=1S/C15H23NS2/c1-10-4-5-11(2)13(8-10)9-14(16)15-12(3)17-6-7-18-15/h4-5,8,12,14-15H,6-7,9,16H2,1-3H3. The zero-order valence-electron chi connectivity index (χ0n) is 11.5. The lowest BCUT2D eigenvalue weighted by Gasteiger charge is -2.32. The summed E-state index contributed by atoms with van der Waals surface area (Å²) in [5, 5.41) is 1.28. The quantitative estimate of drug-likeness (QED) is 0.919. The van der Waals surface area contributed by atoms with E-state index in [1.54, 1.807) is 0 Å². The minimum atomic E-state index is 0.276. The second-order valence-corrected chi connectivity index (χ2v) is 7.98. The molecule has 18 heavy (non-hydrogen) atoms. The molecule has 0 saturated carbocycles. The molecule has 2 N–H and O–H groups in total. The molecule has 1 fully saturated rings. The molecule has 1 heterocycles. The molecule has 1 saturated heterocycles. The molecule has 0 aromatic heterocycles. The van der Waals surface area contributed by atoms with Gasteiger partial charge in [0.2, 0.25) is 0 Å². The molecule has 1 nitrogen and oxygen atoms in total. The third kappa shape index (κ3) is 3.46. The molecule has 0 bridgehead atoms. The van der Waals surface area contributed by atoms with Crippen molar-refractivity contribution in [1.29, 1.82) is 0 Å². The third-order valence-electron chi connectivity index (χ3n) is 3.62. The minimum Gasteiger partial charge on any atom is -0.326 e. The van der Waals surface area contributed by atoms with Crippen LogP contribution in [0.25, 0.3) is 0 Å². The smallest absolute Gasteiger partial charge is 0.0318 e. The Morgan fingerprint density at radius 3 is 2.72 bits per heavy atom. The maximum atomic E-state index is 6.46. The van der Waals surface area contributed by atoms with Crippen LogP contribution in [0.2, 0.25) is 0 Å². The topological polar surface area (TPSA) is 26.0 Å². The van der Waals surface area contributed by atoms with Crippen molar-refractivity contribution >= 4 is 23.5 Å². The Labute approximate surface area is 119 Å². The molecule has 0 aliphatic carbocycles. The fraction of sp³-hybridized carbons (Fsp3) is 0.600. The zero-order valence-corrected chi connectivity index (χ0v) is 13.1. The molecular formula is C15H23NS2. The van der Waals surface area contributed by atoms with E-state index in [0.29, 0.717) is 10.5 Å². The van der Waals surface area contributed by atoms with Gasteiger partial charge in [0.15, 0.2) is 0 Å². The van der Waals surface area contributed by atoms with Gasteiger partial charge in [0, 0.05) is 28.0 Å². The summed E-state index contributed by atoms with van der Waals surface area (Å²) in [5.74, 6) is 2.53. The van der Waals surface area contributed by atoms with E-state index in [9.17, 15) is 0 Å². The number of hydrogen-bond acceptors (Lipinski definition) is 3. The van der Waals surface area contributed by atoms with Crippen molar-refractivity contribution in [2.75, 3.05) is 11.5 Å². The fourth-order valence-electron chi connectivity index (χ4n) is 2.51. The van der Waals surface area contributed by atoms with Crippen LogP contribution in [-0.2, 0) is 6.42 Å². The number of thioether (sulfide) groups is 2. The van der Waals surface area contributed by atoms with Gasteiger partial charge in [-0.3, -0.25) is 0 Å². The number of hydrogen-bond donors (Lipinski definition) is 1. The maximum Gasteiger partial charge on any atom is 0.0318 e. The van der Waals surface area contributed by atoms with Crippen molar-refractivity contribution in [3.8, 4) is 0 Å². The minimum absolute atomic E-state index is 0.276. The van der Waals surface area contributed by atoms with E-state index in [2.05, 4.69) is 62.5 Å². The van der Waals surface area contributed by atoms with Gasteiger partial charge in [-0.05, 0) is 31.4 Å². The first-order valence-electron chi connectivity index (χ1n) is 6.63. The van der Waals surface area contributed by atoms with Crippen LogP contribution in [-0.4, -0.2) is 28.0 Å². The van der Waals surface area contributed by atoms with Gasteiger partial charge < -0.3 is 5.73 Å². The van der Waals surface area contributed by atoms with Gasteiger partial charge in [-0.15, -0.1) is 0 Å². The molecular weight excluding hydrogens is 258 g/mol. The van der Waals surface area contributed by atoms with Crippen LogP contribution >= 0.6 is 23.5 Å². The van der Waals surface area contributed by atoms with Gasteiger partial charge in [-0.25, -0.2) is 0 Å². The van der Waals surface area contributed by atoms with Crippen LogP contribution in [0.1, 0.15) is 23.6 Å². The molecule has 1 aromatic carbocycles. The van der Waals surface area contributed by atoms with Crippen molar-refractivity contribution in [3.63, 3.8) is 0 Å². The van der Waals surface area contributed by atoms with E-state index in [1.165, 1.54) is 28.2 Å². The Morgan fingerprint density at radius 2 is 2.00 bits per heavy atom. The van der Waals surface area contributed by atoms with E-state index in [1.807, 2.05) is 0 Å². The van der Waals surface area contributed by atoms with E-state index < -0.39 is 0 Å². The number of rotatable bonds is 3. The van der Waals surface area contributed by atoms with Crippen molar-refractivity contribution in [3.05, 3.63) is 34.9 Å². The SMILES string of the molecule is Cc1ccc(C)c(CC(N)C2SCCSC2C)c1. The molecule has 0 amide bonds. The molecule has 3 atom stereocenters. The molecule has 100 valence electrons. The summed E-state index contributed by atoms with van der Waals surface area (Å²) in [6.45, 7) is 6.67. The Bertz CT molecular complexity index is 405. The number of nitrogens with two attached hydrogens (primary N) is 1. The lowest BCUT2D eigenvalue weighted by atomic mass is 9.97. The second-order valence-electron chi connectivity index (χ2n) is 5.21. The predicted octanol–water partition coefficient (Wildman–Crippen LogP) is 3.41. The number of benzene rings is 1. The Hall–Kier alpha value is -0.120. The summed E-state index contributed by atoms with van der Waals surface area (Å²) >= 11 is 4.13. The molecule has 1 aliphatic heterocycles. The first-order valence-corrected chi connectivity index (χ1v) is 8.72. The predicted molar refractivity (Wildman–Crippen MR) is 85.8 cm³/mol. The van der Waals surface area contributed by atoms with E-state index in [4.69, 9.17) is 5.73 Å². The van der Waals surface area contributed by atoms with Crippen molar-refractivity contribution < 1.29 is 0 Å². The molecule has 1 aromatic rings. The molecule has 3 unspecified atom stereocenters. The molecule has 1 aliphatic rings. The lowest BCUT2D eigenvalue weighted by molar-refractivity contribution is 0.620. The normalized spacial score (nSPS) is 26.0. The maximum absolute atomic E-state index is 6.46. The highest BCUT2D eigenvalue weighted by Gasteiger charge is 2.28. The van der Waals surface area contributed by atoms with Crippen LogP contribution in [0.5, 0.6) is 0 Å². The highest BCUT2D eigenvalue weighted by Crippen LogP contribution is 2.33. The first kappa shape index (κ1) is 14.3. The van der Waals surface area contributed by atoms with Gasteiger partial charge in [0.1, 0.15) is 0 Å². The number of aryl methyl sites for hydroxylation is 2. The summed E-state index contributed by atoms with van der Waals surface area (Å²) < 4.78 is 0. The molecule has 0 spiro atoms. The summed E-state index contributed by atoms with van der Waals surface area (Å²) in [6.07, 6.45) is 1.01. The largest absolute Gasteiger partial charge is 0.326 e. The molecule has 3 heteroatoms. The lowest BCUT2D eigenvalue weighted by Crippen LogP contribution is -2.42. The van der Waals surface area contributed by atoms with Gasteiger partial charge in [-0.1, -0.05) is 30.7 Å². The highest BCUT2D eigenvalue weighted by molar-refractivity contribution is 8.07. The van der Waals surface area contributed by atoms with Crippen LogP contribution in [0.4, 0.5) is 0 Å².